The van der Waals surface area contributed by atoms with Crippen molar-refractivity contribution in [3.05, 3.63) is 95.0 Å². The Morgan fingerprint density at radius 1 is 0.630 bits per heavy atom. The van der Waals surface area contributed by atoms with Crippen molar-refractivity contribution in [1.82, 2.24) is 4.57 Å². The van der Waals surface area contributed by atoms with Crippen LogP contribution in [0.25, 0.3) is 28.2 Å². The molecule has 0 bridgehead atoms. The molecular formula is C23H17Cl2NO. The minimum absolute atomic E-state index is 0.539. The van der Waals surface area contributed by atoms with Crippen LogP contribution in [0.2, 0.25) is 10.0 Å². The number of halogens is 2. The van der Waals surface area contributed by atoms with Crippen LogP contribution >= 0.6 is 23.2 Å². The summed E-state index contributed by atoms with van der Waals surface area (Å²) in [7, 11) is 1.66. The summed E-state index contributed by atoms with van der Waals surface area (Å²) in [5.74, 6) is 0.797. The van der Waals surface area contributed by atoms with Crippen LogP contribution in [0.5, 0.6) is 5.75 Å². The minimum Gasteiger partial charge on any atom is -0.497 e. The Labute approximate surface area is 168 Å². The minimum atomic E-state index is 0.539. The molecule has 0 aliphatic carbocycles. The van der Waals surface area contributed by atoms with E-state index < -0.39 is 0 Å². The summed E-state index contributed by atoms with van der Waals surface area (Å²) >= 11 is 13.5. The van der Waals surface area contributed by atoms with Gasteiger partial charge in [-0.3, -0.25) is 0 Å². The number of hydrogen-bond donors (Lipinski definition) is 0. The summed E-state index contributed by atoms with van der Waals surface area (Å²) in [6, 6.07) is 27.9. The summed E-state index contributed by atoms with van der Waals surface area (Å²) in [4.78, 5) is 0. The lowest BCUT2D eigenvalue weighted by Crippen LogP contribution is -2.00. The van der Waals surface area contributed by atoms with Crippen LogP contribution in [0.3, 0.4) is 0 Å². The van der Waals surface area contributed by atoms with Crippen molar-refractivity contribution in [2.75, 3.05) is 7.11 Å². The van der Waals surface area contributed by atoms with E-state index in [1.54, 1.807) is 7.11 Å². The highest BCUT2D eigenvalue weighted by Gasteiger charge is 2.23. The second kappa shape index (κ2) is 7.51. The summed E-state index contributed by atoms with van der Waals surface area (Å²) < 4.78 is 7.41. The molecule has 0 aliphatic heterocycles. The van der Waals surface area contributed by atoms with Crippen molar-refractivity contribution < 1.29 is 4.74 Å². The van der Waals surface area contributed by atoms with Crippen LogP contribution in [-0.4, -0.2) is 11.7 Å². The van der Waals surface area contributed by atoms with Crippen molar-refractivity contribution in [3.8, 4) is 34.0 Å². The highest BCUT2D eigenvalue weighted by Crippen LogP contribution is 2.45. The maximum Gasteiger partial charge on any atom is 0.119 e. The molecule has 134 valence electrons. The third kappa shape index (κ3) is 3.23. The van der Waals surface area contributed by atoms with Gasteiger partial charge in [0, 0.05) is 16.8 Å². The molecule has 0 aliphatic rings. The first-order valence-corrected chi connectivity index (χ1v) is 9.31. The van der Waals surface area contributed by atoms with E-state index in [-0.39, 0.29) is 0 Å². The average molecular weight is 394 g/mol. The van der Waals surface area contributed by atoms with E-state index in [1.807, 2.05) is 84.9 Å². The van der Waals surface area contributed by atoms with Gasteiger partial charge in [0.1, 0.15) is 5.75 Å². The van der Waals surface area contributed by atoms with Gasteiger partial charge in [-0.1, -0.05) is 83.9 Å². The third-order valence-electron chi connectivity index (χ3n) is 4.48. The molecule has 0 fully saturated rings. The molecule has 0 saturated carbocycles. The Bertz CT molecular complexity index is 992. The number of rotatable bonds is 4. The molecule has 1 aromatic heterocycles. The lowest BCUT2D eigenvalue weighted by molar-refractivity contribution is 0.415. The van der Waals surface area contributed by atoms with Gasteiger partial charge in [-0.15, -0.1) is 0 Å². The van der Waals surface area contributed by atoms with Crippen molar-refractivity contribution in [1.29, 1.82) is 0 Å². The van der Waals surface area contributed by atoms with Crippen molar-refractivity contribution in [2.45, 2.75) is 0 Å². The molecule has 0 amide bonds. The molecule has 0 spiro atoms. The first kappa shape index (κ1) is 17.7. The predicted molar refractivity (Wildman–Crippen MR) is 113 cm³/mol. The lowest BCUT2D eigenvalue weighted by atomic mass is 10.1. The van der Waals surface area contributed by atoms with Crippen molar-refractivity contribution in [3.63, 3.8) is 0 Å². The van der Waals surface area contributed by atoms with E-state index in [1.165, 1.54) is 0 Å². The van der Waals surface area contributed by atoms with E-state index in [4.69, 9.17) is 27.9 Å². The highest BCUT2D eigenvalue weighted by molar-refractivity contribution is 6.45. The van der Waals surface area contributed by atoms with Crippen molar-refractivity contribution in [2.24, 2.45) is 0 Å². The smallest absolute Gasteiger partial charge is 0.119 e. The van der Waals surface area contributed by atoms with E-state index in [0.29, 0.717) is 10.0 Å². The molecule has 0 unspecified atom stereocenters. The summed E-state index contributed by atoms with van der Waals surface area (Å²) in [5, 5.41) is 1.08. The van der Waals surface area contributed by atoms with Crippen LogP contribution < -0.4 is 4.74 Å². The molecule has 27 heavy (non-hydrogen) atoms. The first-order valence-electron chi connectivity index (χ1n) is 8.55. The molecule has 4 rings (SSSR count). The van der Waals surface area contributed by atoms with E-state index in [0.717, 1.165) is 34.0 Å². The van der Waals surface area contributed by atoms with Gasteiger partial charge in [0.2, 0.25) is 0 Å². The molecule has 0 N–H and O–H groups in total. The standard InChI is InChI=1S/C23H17Cl2NO/c1-27-19-14-12-18(13-15-19)26-22(16-8-4-2-5-9-16)20(24)21(25)23(26)17-10-6-3-7-11-17/h2-15H,1H3. The number of aromatic nitrogens is 1. The fourth-order valence-corrected chi connectivity index (χ4v) is 3.78. The fourth-order valence-electron chi connectivity index (χ4n) is 3.21. The monoisotopic (exact) mass is 393 g/mol. The molecule has 0 radical (unpaired) electrons. The highest BCUT2D eigenvalue weighted by atomic mass is 35.5. The second-order valence-corrected chi connectivity index (χ2v) is 6.85. The number of nitrogens with zero attached hydrogens (tertiary/aromatic N) is 1. The zero-order valence-electron chi connectivity index (χ0n) is 14.7. The quantitative estimate of drug-likeness (QED) is 0.359. The normalized spacial score (nSPS) is 10.8. The molecule has 4 heteroatoms. The summed E-state index contributed by atoms with van der Waals surface area (Å²) in [6.45, 7) is 0. The largest absolute Gasteiger partial charge is 0.497 e. The topological polar surface area (TPSA) is 14.2 Å². The van der Waals surface area contributed by atoms with Crippen molar-refractivity contribution >= 4 is 23.2 Å². The number of methoxy groups -OCH3 is 1. The van der Waals surface area contributed by atoms with Gasteiger partial charge in [0.25, 0.3) is 0 Å². The summed E-state index contributed by atoms with van der Waals surface area (Å²) in [6.07, 6.45) is 0. The molecule has 3 aromatic carbocycles. The van der Waals surface area contributed by atoms with E-state index in [9.17, 15) is 0 Å². The summed E-state index contributed by atoms with van der Waals surface area (Å²) in [5.41, 5.74) is 4.70. The molecule has 0 atom stereocenters. The molecular weight excluding hydrogens is 377 g/mol. The average Bonchev–Trinajstić information content (AvgIpc) is 3.00. The van der Waals surface area contributed by atoms with Gasteiger partial charge in [-0.05, 0) is 24.3 Å². The van der Waals surface area contributed by atoms with E-state index >= 15 is 0 Å². The van der Waals surface area contributed by atoms with Gasteiger partial charge in [0.15, 0.2) is 0 Å². The van der Waals surface area contributed by atoms with Crippen LogP contribution in [-0.2, 0) is 0 Å². The van der Waals surface area contributed by atoms with Gasteiger partial charge in [-0.25, -0.2) is 0 Å². The van der Waals surface area contributed by atoms with Gasteiger partial charge in [0.05, 0.1) is 28.5 Å². The maximum atomic E-state index is 6.73. The molecule has 4 aromatic rings. The zero-order chi connectivity index (χ0) is 18.8. The van der Waals surface area contributed by atoms with Gasteiger partial charge in [-0.2, -0.15) is 0 Å². The second-order valence-electron chi connectivity index (χ2n) is 6.09. The first-order chi connectivity index (χ1) is 13.2. The Balaban J connectivity index is 2.05. The van der Waals surface area contributed by atoms with E-state index in [2.05, 4.69) is 4.57 Å². The van der Waals surface area contributed by atoms with Gasteiger partial charge >= 0.3 is 0 Å². The molecule has 1 heterocycles. The third-order valence-corrected chi connectivity index (χ3v) is 5.31. The zero-order valence-corrected chi connectivity index (χ0v) is 16.2. The Kier molecular flexibility index (Phi) is 4.93. The maximum absolute atomic E-state index is 6.73. The van der Waals surface area contributed by atoms with Crippen LogP contribution in [0.15, 0.2) is 84.9 Å². The van der Waals surface area contributed by atoms with Crippen LogP contribution in [0, 0.1) is 0 Å². The van der Waals surface area contributed by atoms with Gasteiger partial charge < -0.3 is 9.30 Å². The number of ether oxygens (including phenoxy) is 1. The van der Waals surface area contributed by atoms with Crippen LogP contribution in [0.4, 0.5) is 0 Å². The fraction of sp³-hybridized carbons (Fsp3) is 0.0435. The SMILES string of the molecule is COc1ccc(-n2c(-c3ccccc3)c(Cl)c(Cl)c2-c2ccccc2)cc1. The molecule has 0 saturated heterocycles. The van der Waals surface area contributed by atoms with Crippen LogP contribution in [0.1, 0.15) is 0 Å². The molecule has 2 nitrogen and oxygen atoms in total. The Hall–Kier alpha value is -2.68. The predicted octanol–water partition coefficient (Wildman–Crippen LogP) is 7.13. The lowest BCUT2D eigenvalue weighted by Gasteiger charge is -2.15. The number of hydrogen-bond acceptors (Lipinski definition) is 1. The number of benzene rings is 3. The Morgan fingerprint density at radius 2 is 1.07 bits per heavy atom. The Morgan fingerprint density at radius 3 is 1.48 bits per heavy atom.